The molecular formula is C11H20. The fraction of sp³-hybridized carbons (Fsp3) is 1.00. The molecule has 64 valence electrons. The van der Waals surface area contributed by atoms with E-state index in [1.54, 1.807) is 0 Å². The van der Waals surface area contributed by atoms with Crippen molar-refractivity contribution in [2.45, 2.75) is 40.5 Å². The van der Waals surface area contributed by atoms with Crippen molar-refractivity contribution < 1.29 is 0 Å². The van der Waals surface area contributed by atoms with Gasteiger partial charge in [-0.25, -0.2) is 0 Å². The van der Waals surface area contributed by atoms with Crippen molar-refractivity contribution in [3.05, 3.63) is 0 Å². The van der Waals surface area contributed by atoms with E-state index in [2.05, 4.69) is 27.7 Å². The largest absolute Gasteiger partial charge is 0.0622 e. The van der Waals surface area contributed by atoms with Gasteiger partial charge in [-0.1, -0.05) is 27.7 Å². The normalized spacial score (nSPS) is 53.5. The molecule has 3 fully saturated rings. The summed E-state index contributed by atoms with van der Waals surface area (Å²) in [5.74, 6) is 4.07. The van der Waals surface area contributed by atoms with Gasteiger partial charge in [0.05, 0.1) is 0 Å². The van der Waals surface area contributed by atoms with Gasteiger partial charge in [-0.15, -0.1) is 0 Å². The van der Waals surface area contributed by atoms with Crippen LogP contribution in [0.25, 0.3) is 0 Å². The minimum Gasteiger partial charge on any atom is -0.0622 e. The lowest BCUT2D eigenvalue weighted by Crippen LogP contribution is -2.54. The van der Waals surface area contributed by atoms with Gasteiger partial charge in [0.1, 0.15) is 0 Å². The summed E-state index contributed by atoms with van der Waals surface area (Å²) < 4.78 is 0. The third kappa shape index (κ3) is 0.816. The topological polar surface area (TPSA) is 0 Å². The number of rotatable bonds is 0. The summed E-state index contributed by atoms with van der Waals surface area (Å²) in [6, 6.07) is 0. The number of fused-ring (bicyclic) bond motifs is 2. The molecule has 0 nitrogen and oxygen atoms in total. The lowest BCUT2D eigenvalue weighted by Gasteiger charge is -2.61. The Morgan fingerprint density at radius 3 is 2.09 bits per heavy atom. The minimum atomic E-state index is 0.686. The maximum Gasteiger partial charge on any atom is -0.0295 e. The van der Waals surface area contributed by atoms with E-state index in [9.17, 15) is 0 Å². The molecule has 3 aliphatic carbocycles. The van der Waals surface area contributed by atoms with E-state index >= 15 is 0 Å². The quantitative estimate of drug-likeness (QED) is 0.499. The van der Waals surface area contributed by atoms with E-state index in [0.29, 0.717) is 5.41 Å². The molecule has 3 aliphatic rings. The van der Waals surface area contributed by atoms with Crippen molar-refractivity contribution in [1.29, 1.82) is 0 Å². The molecule has 2 bridgehead atoms. The van der Waals surface area contributed by atoms with Crippen molar-refractivity contribution in [2.24, 2.45) is 29.1 Å². The van der Waals surface area contributed by atoms with Crippen LogP contribution in [0.15, 0.2) is 0 Å². The van der Waals surface area contributed by atoms with E-state index in [1.807, 2.05) is 0 Å². The van der Waals surface area contributed by atoms with Crippen LogP contribution in [0.3, 0.4) is 0 Å². The molecule has 3 rings (SSSR count). The Morgan fingerprint density at radius 1 is 1.09 bits per heavy atom. The molecule has 0 heteroatoms. The summed E-state index contributed by atoms with van der Waals surface area (Å²) in [7, 11) is 0. The molecule has 0 aromatic carbocycles. The van der Waals surface area contributed by atoms with Crippen LogP contribution in [-0.4, -0.2) is 0 Å². The van der Waals surface area contributed by atoms with Gasteiger partial charge in [-0.05, 0) is 41.9 Å². The predicted molar refractivity (Wildman–Crippen MR) is 48.3 cm³/mol. The van der Waals surface area contributed by atoms with Crippen molar-refractivity contribution >= 4 is 0 Å². The molecule has 0 aromatic heterocycles. The molecule has 0 N–H and O–H groups in total. The Kier molecular flexibility index (Phi) is 1.41. The highest BCUT2D eigenvalue weighted by Gasteiger charge is 2.54. The van der Waals surface area contributed by atoms with Gasteiger partial charge >= 0.3 is 0 Å². The third-order valence-electron chi connectivity index (χ3n) is 4.73. The molecule has 3 unspecified atom stereocenters. The Morgan fingerprint density at radius 2 is 1.73 bits per heavy atom. The second kappa shape index (κ2) is 2.02. The van der Waals surface area contributed by atoms with Gasteiger partial charge in [0.25, 0.3) is 0 Å². The molecule has 0 spiro atoms. The smallest absolute Gasteiger partial charge is 0.0295 e. The SMILES string of the molecule is CC1CC2CC([C@H]1C)C2(C)C. The highest BCUT2D eigenvalue weighted by atomic mass is 14.6. The predicted octanol–water partition coefficient (Wildman–Crippen LogP) is 3.32. The maximum absolute atomic E-state index is 2.47. The van der Waals surface area contributed by atoms with Crippen molar-refractivity contribution in [1.82, 2.24) is 0 Å². The Hall–Kier alpha value is 0. The molecule has 3 saturated carbocycles. The molecule has 0 saturated heterocycles. The summed E-state index contributed by atoms with van der Waals surface area (Å²) in [5.41, 5.74) is 0.686. The summed E-state index contributed by atoms with van der Waals surface area (Å²) in [4.78, 5) is 0. The zero-order valence-electron chi connectivity index (χ0n) is 8.22. The minimum absolute atomic E-state index is 0.686. The second-order valence-electron chi connectivity index (χ2n) is 5.43. The van der Waals surface area contributed by atoms with Gasteiger partial charge in [0, 0.05) is 0 Å². The van der Waals surface area contributed by atoms with Crippen molar-refractivity contribution in [3.8, 4) is 0 Å². The first-order valence-corrected chi connectivity index (χ1v) is 5.03. The van der Waals surface area contributed by atoms with Crippen LogP contribution in [0.5, 0.6) is 0 Å². The van der Waals surface area contributed by atoms with Crippen LogP contribution in [0.1, 0.15) is 40.5 Å². The fourth-order valence-electron chi connectivity index (χ4n) is 3.41. The second-order valence-corrected chi connectivity index (χ2v) is 5.43. The van der Waals surface area contributed by atoms with Gasteiger partial charge in [-0.2, -0.15) is 0 Å². The highest BCUT2D eigenvalue weighted by molar-refractivity contribution is 5.03. The number of hydrogen-bond acceptors (Lipinski definition) is 0. The van der Waals surface area contributed by atoms with Crippen LogP contribution < -0.4 is 0 Å². The Balaban J connectivity index is 2.17. The standard InChI is InChI=1S/C11H20/c1-7-5-9-6-10(8(7)2)11(9,3)4/h7-10H,5-6H2,1-4H3/t7?,8-,9?,10?/m0/s1. The van der Waals surface area contributed by atoms with Gasteiger partial charge in [0.15, 0.2) is 0 Å². The zero-order valence-corrected chi connectivity index (χ0v) is 8.22. The molecule has 0 radical (unpaired) electrons. The molecule has 0 aromatic rings. The van der Waals surface area contributed by atoms with Crippen LogP contribution in [0, 0.1) is 29.1 Å². The first-order chi connectivity index (χ1) is 5.03. The zero-order chi connectivity index (χ0) is 8.22. The first kappa shape index (κ1) is 7.64. The molecule has 4 atom stereocenters. The summed E-state index contributed by atoms with van der Waals surface area (Å²) in [5, 5.41) is 0. The first-order valence-electron chi connectivity index (χ1n) is 5.03. The Bertz CT molecular complexity index is 169. The summed E-state index contributed by atoms with van der Waals surface area (Å²) in [6.45, 7) is 9.81. The monoisotopic (exact) mass is 152 g/mol. The van der Waals surface area contributed by atoms with Crippen LogP contribution in [0.2, 0.25) is 0 Å². The van der Waals surface area contributed by atoms with Crippen molar-refractivity contribution in [3.63, 3.8) is 0 Å². The highest BCUT2D eigenvalue weighted by Crippen LogP contribution is 2.62. The average Bonchev–Trinajstić information content (AvgIpc) is 1.93. The van der Waals surface area contributed by atoms with Crippen LogP contribution in [-0.2, 0) is 0 Å². The lowest BCUT2D eigenvalue weighted by atomic mass is 9.44. The van der Waals surface area contributed by atoms with Gasteiger partial charge in [0.2, 0.25) is 0 Å². The van der Waals surface area contributed by atoms with Crippen LogP contribution in [0.4, 0.5) is 0 Å². The van der Waals surface area contributed by atoms with E-state index < -0.39 is 0 Å². The average molecular weight is 152 g/mol. The Labute approximate surface area is 70.4 Å². The van der Waals surface area contributed by atoms with E-state index in [0.717, 1.165) is 23.7 Å². The third-order valence-corrected chi connectivity index (χ3v) is 4.73. The molecule has 0 heterocycles. The van der Waals surface area contributed by atoms with Gasteiger partial charge in [-0.3, -0.25) is 0 Å². The lowest BCUT2D eigenvalue weighted by molar-refractivity contribution is -0.124. The molecule has 0 amide bonds. The molecular weight excluding hydrogens is 132 g/mol. The van der Waals surface area contributed by atoms with Crippen molar-refractivity contribution in [2.75, 3.05) is 0 Å². The van der Waals surface area contributed by atoms with Crippen LogP contribution >= 0.6 is 0 Å². The summed E-state index contributed by atoms with van der Waals surface area (Å²) >= 11 is 0. The molecule has 11 heavy (non-hydrogen) atoms. The molecule has 0 aliphatic heterocycles. The summed E-state index contributed by atoms with van der Waals surface area (Å²) in [6.07, 6.45) is 3.02. The van der Waals surface area contributed by atoms with E-state index in [4.69, 9.17) is 0 Å². The van der Waals surface area contributed by atoms with E-state index in [1.165, 1.54) is 12.8 Å². The maximum atomic E-state index is 2.47. The fourth-order valence-corrected chi connectivity index (χ4v) is 3.41. The van der Waals surface area contributed by atoms with E-state index in [-0.39, 0.29) is 0 Å². The van der Waals surface area contributed by atoms with Gasteiger partial charge < -0.3 is 0 Å². The number of hydrogen-bond donors (Lipinski definition) is 0.